The van der Waals surface area contributed by atoms with Crippen molar-refractivity contribution in [3.8, 4) is 0 Å². The van der Waals surface area contributed by atoms with Crippen LogP contribution in [-0.2, 0) is 13.6 Å². The molecule has 0 unspecified atom stereocenters. The summed E-state index contributed by atoms with van der Waals surface area (Å²) in [6.07, 6.45) is 2.23. The van der Waals surface area contributed by atoms with E-state index in [9.17, 15) is 0 Å². The van der Waals surface area contributed by atoms with E-state index in [1.807, 2.05) is 11.7 Å². The molecular weight excluding hydrogens is 164 g/mol. The van der Waals surface area contributed by atoms with Crippen LogP contribution in [0.5, 0.6) is 0 Å². The Morgan fingerprint density at radius 2 is 2.00 bits per heavy atom. The van der Waals surface area contributed by atoms with Gasteiger partial charge in [0.25, 0.3) is 0 Å². The zero-order valence-electron chi connectivity index (χ0n) is 8.62. The maximum atomic E-state index is 5.60. The van der Waals surface area contributed by atoms with Crippen molar-refractivity contribution >= 4 is 0 Å². The quantitative estimate of drug-likeness (QED) is 0.760. The molecule has 0 aliphatic carbocycles. The first-order chi connectivity index (χ1) is 6.24. The predicted octanol–water partition coefficient (Wildman–Crippen LogP) is 1.18. The van der Waals surface area contributed by atoms with E-state index < -0.39 is 0 Å². The van der Waals surface area contributed by atoms with Crippen LogP contribution < -0.4 is 5.73 Å². The average molecular weight is 182 g/mol. The smallest absolute Gasteiger partial charge is 0.0997 e. The molecular formula is C9H18N4. The van der Waals surface area contributed by atoms with Crippen LogP contribution >= 0.6 is 0 Å². The van der Waals surface area contributed by atoms with Gasteiger partial charge in [-0.05, 0) is 12.8 Å². The monoisotopic (exact) mass is 182 g/mol. The second-order valence-electron chi connectivity index (χ2n) is 3.26. The third-order valence-electron chi connectivity index (χ3n) is 2.51. The highest BCUT2D eigenvalue weighted by molar-refractivity contribution is 5.14. The lowest BCUT2D eigenvalue weighted by Gasteiger charge is -2.13. The van der Waals surface area contributed by atoms with Crippen molar-refractivity contribution in [3.05, 3.63) is 11.4 Å². The van der Waals surface area contributed by atoms with Gasteiger partial charge in [0.15, 0.2) is 0 Å². The Bertz CT molecular complexity index is 263. The molecule has 0 saturated heterocycles. The van der Waals surface area contributed by atoms with Gasteiger partial charge in [-0.1, -0.05) is 19.1 Å². The maximum Gasteiger partial charge on any atom is 0.0997 e. The summed E-state index contributed by atoms with van der Waals surface area (Å²) in [7, 11) is 1.93. The van der Waals surface area contributed by atoms with Crippen molar-refractivity contribution in [1.29, 1.82) is 0 Å². The van der Waals surface area contributed by atoms with Crippen LogP contribution in [0.15, 0.2) is 0 Å². The molecule has 1 aromatic heterocycles. The van der Waals surface area contributed by atoms with E-state index in [2.05, 4.69) is 24.2 Å². The molecule has 4 heteroatoms. The summed E-state index contributed by atoms with van der Waals surface area (Å²) in [5.41, 5.74) is 7.74. The van der Waals surface area contributed by atoms with Gasteiger partial charge in [0, 0.05) is 19.5 Å². The fourth-order valence-electron chi connectivity index (χ4n) is 1.73. The van der Waals surface area contributed by atoms with Gasteiger partial charge in [-0.15, -0.1) is 5.10 Å². The van der Waals surface area contributed by atoms with Crippen LogP contribution in [0.2, 0.25) is 0 Å². The van der Waals surface area contributed by atoms with Crippen LogP contribution in [-0.4, -0.2) is 15.0 Å². The molecule has 74 valence electrons. The molecule has 13 heavy (non-hydrogen) atoms. The van der Waals surface area contributed by atoms with Crippen LogP contribution in [0.3, 0.4) is 0 Å². The highest BCUT2D eigenvalue weighted by Crippen LogP contribution is 2.23. The number of aromatic nitrogens is 3. The van der Waals surface area contributed by atoms with Gasteiger partial charge in [0.05, 0.1) is 11.4 Å². The van der Waals surface area contributed by atoms with Crippen molar-refractivity contribution in [2.45, 2.75) is 39.2 Å². The van der Waals surface area contributed by atoms with E-state index >= 15 is 0 Å². The third-order valence-corrected chi connectivity index (χ3v) is 2.51. The lowest BCUT2D eigenvalue weighted by atomic mass is 9.97. The molecule has 0 aliphatic rings. The minimum absolute atomic E-state index is 0.486. The highest BCUT2D eigenvalue weighted by atomic mass is 15.4. The Balaban J connectivity index is 3.01. The lowest BCUT2D eigenvalue weighted by Crippen LogP contribution is -2.09. The molecule has 4 nitrogen and oxygen atoms in total. The van der Waals surface area contributed by atoms with Crippen molar-refractivity contribution in [2.75, 3.05) is 0 Å². The van der Waals surface area contributed by atoms with Crippen molar-refractivity contribution < 1.29 is 0 Å². The standard InChI is InChI=1S/C9H18N4/c1-4-7(5-2)9-8(6-10)11-12-13(9)3/h7H,4-6,10H2,1-3H3. The number of hydrogen-bond donors (Lipinski definition) is 1. The normalized spacial score (nSPS) is 11.2. The predicted molar refractivity (Wildman–Crippen MR) is 52.2 cm³/mol. The molecule has 0 amide bonds. The molecule has 0 radical (unpaired) electrons. The summed E-state index contributed by atoms with van der Waals surface area (Å²) < 4.78 is 1.85. The van der Waals surface area contributed by atoms with E-state index in [1.165, 1.54) is 5.69 Å². The van der Waals surface area contributed by atoms with Crippen LogP contribution in [0.4, 0.5) is 0 Å². The molecule has 2 N–H and O–H groups in total. The molecule has 1 heterocycles. The minimum Gasteiger partial charge on any atom is -0.325 e. The molecule has 0 aromatic carbocycles. The van der Waals surface area contributed by atoms with Crippen molar-refractivity contribution in [1.82, 2.24) is 15.0 Å². The summed E-state index contributed by atoms with van der Waals surface area (Å²) in [5, 5.41) is 8.03. The molecule has 1 rings (SSSR count). The first-order valence-electron chi connectivity index (χ1n) is 4.83. The minimum atomic E-state index is 0.486. The van der Waals surface area contributed by atoms with Gasteiger partial charge < -0.3 is 5.73 Å². The summed E-state index contributed by atoms with van der Waals surface area (Å²) in [6.45, 7) is 4.85. The van der Waals surface area contributed by atoms with Gasteiger partial charge in [-0.2, -0.15) is 0 Å². The largest absolute Gasteiger partial charge is 0.325 e. The number of nitrogens with zero attached hydrogens (tertiary/aromatic N) is 3. The van der Waals surface area contributed by atoms with Gasteiger partial charge in [-0.3, -0.25) is 4.68 Å². The fraction of sp³-hybridized carbons (Fsp3) is 0.778. The summed E-state index contributed by atoms with van der Waals surface area (Å²) in [5.74, 6) is 0.540. The molecule has 1 aromatic rings. The summed E-state index contributed by atoms with van der Waals surface area (Å²) >= 11 is 0. The molecule has 0 fully saturated rings. The molecule has 0 spiro atoms. The van der Waals surface area contributed by atoms with E-state index in [1.54, 1.807) is 0 Å². The lowest BCUT2D eigenvalue weighted by molar-refractivity contribution is 0.565. The first kappa shape index (κ1) is 10.2. The Hall–Kier alpha value is -0.900. The van der Waals surface area contributed by atoms with E-state index in [0.717, 1.165) is 18.5 Å². The van der Waals surface area contributed by atoms with Crippen LogP contribution in [0.25, 0.3) is 0 Å². The van der Waals surface area contributed by atoms with Gasteiger partial charge in [-0.25, -0.2) is 0 Å². The Morgan fingerprint density at radius 3 is 2.46 bits per heavy atom. The Labute approximate surface area is 79.1 Å². The van der Waals surface area contributed by atoms with Crippen LogP contribution in [0, 0.1) is 0 Å². The zero-order chi connectivity index (χ0) is 9.84. The van der Waals surface area contributed by atoms with Gasteiger partial charge in [0.1, 0.15) is 0 Å². The molecule has 0 atom stereocenters. The van der Waals surface area contributed by atoms with Gasteiger partial charge in [0.2, 0.25) is 0 Å². The van der Waals surface area contributed by atoms with E-state index in [-0.39, 0.29) is 0 Å². The molecule has 0 saturated carbocycles. The van der Waals surface area contributed by atoms with Crippen molar-refractivity contribution in [3.63, 3.8) is 0 Å². The SMILES string of the molecule is CCC(CC)c1c(CN)nnn1C. The summed E-state index contributed by atoms with van der Waals surface area (Å²) in [6, 6.07) is 0. The second-order valence-corrected chi connectivity index (χ2v) is 3.26. The first-order valence-corrected chi connectivity index (χ1v) is 4.83. The zero-order valence-corrected chi connectivity index (χ0v) is 8.62. The number of hydrogen-bond acceptors (Lipinski definition) is 3. The number of rotatable bonds is 4. The van der Waals surface area contributed by atoms with Gasteiger partial charge >= 0.3 is 0 Å². The topological polar surface area (TPSA) is 56.7 Å². The highest BCUT2D eigenvalue weighted by Gasteiger charge is 2.16. The molecule has 0 aliphatic heterocycles. The Morgan fingerprint density at radius 1 is 1.38 bits per heavy atom. The fourth-order valence-corrected chi connectivity index (χ4v) is 1.73. The maximum absolute atomic E-state index is 5.60. The average Bonchev–Trinajstić information content (AvgIpc) is 2.51. The molecule has 0 bridgehead atoms. The Kier molecular flexibility index (Phi) is 3.42. The van der Waals surface area contributed by atoms with Crippen LogP contribution in [0.1, 0.15) is 44.0 Å². The number of aryl methyl sites for hydroxylation is 1. The second kappa shape index (κ2) is 4.37. The van der Waals surface area contributed by atoms with E-state index in [0.29, 0.717) is 12.5 Å². The third kappa shape index (κ3) is 1.88. The van der Waals surface area contributed by atoms with E-state index in [4.69, 9.17) is 5.73 Å². The van der Waals surface area contributed by atoms with Crippen molar-refractivity contribution in [2.24, 2.45) is 12.8 Å². The number of nitrogens with two attached hydrogens (primary N) is 1. The summed E-state index contributed by atoms with van der Waals surface area (Å²) in [4.78, 5) is 0.